The van der Waals surface area contributed by atoms with Crippen molar-refractivity contribution in [3.05, 3.63) is 83.3 Å². The van der Waals surface area contributed by atoms with Crippen molar-refractivity contribution in [2.75, 3.05) is 13.7 Å². The molecule has 5 rings (SSSR count). The largest absolute Gasteiger partial charge is 0.497 e. The van der Waals surface area contributed by atoms with E-state index in [9.17, 15) is 14.7 Å². The average Bonchev–Trinajstić information content (AvgIpc) is 3.29. The van der Waals surface area contributed by atoms with E-state index in [0.717, 1.165) is 44.0 Å². The minimum atomic E-state index is -0.905. The van der Waals surface area contributed by atoms with E-state index in [2.05, 4.69) is 12.1 Å². The van der Waals surface area contributed by atoms with Gasteiger partial charge in [0.25, 0.3) is 11.1 Å². The van der Waals surface area contributed by atoms with Gasteiger partial charge in [0.1, 0.15) is 5.75 Å². The van der Waals surface area contributed by atoms with Crippen molar-refractivity contribution in [1.82, 2.24) is 9.47 Å². The first-order valence-corrected chi connectivity index (χ1v) is 11.4. The maximum Gasteiger partial charge on any atom is 0.293 e. The monoisotopic (exact) mass is 458 g/mol. The number of rotatable bonds is 6. The number of carbonyl (C=O) groups excluding carboxylic acids is 2. The highest BCUT2D eigenvalue weighted by molar-refractivity contribution is 8.18. The van der Waals surface area contributed by atoms with Gasteiger partial charge in [-0.3, -0.25) is 14.5 Å². The average molecular weight is 459 g/mol. The summed E-state index contributed by atoms with van der Waals surface area (Å²) in [7, 11) is 1.59. The fourth-order valence-electron chi connectivity index (χ4n) is 4.19. The lowest BCUT2D eigenvalue weighted by atomic mass is 10.2. The molecule has 1 N–H and O–H groups in total. The molecule has 0 radical (unpaired) electrons. The van der Waals surface area contributed by atoms with Crippen LogP contribution < -0.4 is 4.74 Å². The summed E-state index contributed by atoms with van der Waals surface area (Å²) in [5.74, 6) is 0.329. The van der Waals surface area contributed by atoms with Crippen molar-refractivity contribution < 1.29 is 19.4 Å². The number of ether oxygens (including phenoxy) is 1. The van der Waals surface area contributed by atoms with Gasteiger partial charge in [-0.05, 0) is 47.7 Å². The summed E-state index contributed by atoms with van der Waals surface area (Å²) in [4.78, 5) is 26.9. The third kappa shape index (κ3) is 4.01. The van der Waals surface area contributed by atoms with Crippen molar-refractivity contribution in [2.45, 2.75) is 12.6 Å². The minimum absolute atomic E-state index is 0.0640. The Morgan fingerprint density at radius 1 is 0.909 bits per heavy atom. The van der Waals surface area contributed by atoms with Crippen molar-refractivity contribution in [2.24, 2.45) is 0 Å². The summed E-state index contributed by atoms with van der Waals surface area (Å²) >= 11 is 0.891. The predicted octanol–water partition coefficient (Wildman–Crippen LogP) is 4.90. The van der Waals surface area contributed by atoms with Crippen LogP contribution in [-0.4, -0.2) is 45.5 Å². The van der Waals surface area contributed by atoms with Crippen LogP contribution in [0.15, 0.2) is 77.7 Å². The fourth-order valence-corrected chi connectivity index (χ4v) is 5.04. The van der Waals surface area contributed by atoms with Crippen LogP contribution in [-0.2, 0) is 11.3 Å². The number of carbonyl (C=O) groups is 2. The van der Waals surface area contributed by atoms with Crippen LogP contribution in [0.2, 0.25) is 0 Å². The maximum atomic E-state index is 12.9. The van der Waals surface area contributed by atoms with Gasteiger partial charge in [0, 0.05) is 21.8 Å². The molecular formula is C26H22N2O4S. The molecule has 1 aliphatic rings. The number of amides is 2. The van der Waals surface area contributed by atoms with Crippen LogP contribution in [0.3, 0.4) is 0 Å². The van der Waals surface area contributed by atoms with E-state index in [0.29, 0.717) is 10.7 Å². The molecule has 166 valence electrons. The highest BCUT2D eigenvalue weighted by atomic mass is 32.2. The first kappa shape index (κ1) is 21.3. The van der Waals surface area contributed by atoms with Crippen molar-refractivity contribution >= 4 is 50.8 Å². The van der Waals surface area contributed by atoms with E-state index in [1.54, 1.807) is 25.3 Å². The number of hydrogen-bond donors (Lipinski definition) is 1. The molecule has 1 unspecified atom stereocenters. The first-order valence-electron chi connectivity index (χ1n) is 10.6. The van der Waals surface area contributed by atoms with E-state index < -0.39 is 6.10 Å². The van der Waals surface area contributed by atoms with Crippen LogP contribution in [0.1, 0.15) is 5.56 Å². The zero-order chi connectivity index (χ0) is 22.9. The SMILES string of the molecule is COc1ccc(/C=C2\SC(=O)N(CC(O)Cn3c4ccccc4c4ccccc43)C2=O)cc1. The van der Waals surface area contributed by atoms with Crippen LogP contribution in [0.25, 0.3) is 27.9 Å². The third-order valence-electron chi connectivity index (χ3n) is 5.75. The zero-order valence-corrected chi connectivity index (χ0v) is 18.8. The molecule has 0 bridgehead atoms. The van der Waals surface area contributed by atoms with E-state index >= 15 is 0 Å². The number of aliphatic hydroxyl groups is 1. The normalized spacial score (nSPS) is 16.3. The number of benzene rings is 3. The first-order chi connectivity index (χ1) is 16.0. The molecule has 0 spiro atoms. The Bertz CT molecular complexity index is 1340. The summed E-state index contributed by atoms with van der Waals surface area (Å²) in [6.45, 7) is 0.207. The van der Waals surface area contributed by atoms with E-state index in [1.807, 2.05) is 53.1 Å². The van der Waals surface area contributed by atoms with Crippen molar-refractivity contribution in [3.8, 4) is 5.75 Å². The van der Waals surface area contributed by atoms with E-state index in [4.69, 9.17) is 4.74 Å². The number of thioether (sulfide) groups is 1. The molecule has 2 amide bonds. The predicted molar refractivity (Wildman–Crippen MR) is 131 cm³/mol. The summed E-state index contributed by atoms with van der Waals surface area (Å²) in [5.41, 5.74) is 2.81. The molecule has 6 nitrogen and oxygen atoms in total. The van der Waals surface area contributed by atoms with Crippen LogP contribution in [0.4, 0.5) is 4.79 Å². The molecule has 3 aromatic carbocycles. The van der Waals surface area contributed by atoms with Gasteiger partial charge in [-0.2, -0.15) is 0 Å². The molecule has 4 aromatic rings. The summed E-state index contributed by atoms with van der Waals surface area (Å²) < 4.78 is 7.19. The number of imide groups is 1. The Balaban J connectivity index is 1.36. The molecular weight excluding hydrogens is 436 g/mol. The van der Waals surface area contributed by atoms with Crippen molar-refractivity contribution in [1.29, 1.82) is 0 Å². The number of nitrogens with zero attached hydrogens (tertiary/aromatic N) is 2. The van der Waals surface area contributed by atoms with Crippen LogP contribution in [0.5, 0.6) is 5.75 Å². The van der Waals surface area contributed by atoms with Crippen LogP contribution >= 0.6 is 11.8 Å². The second-order valence-corrected chi connectivity index (χ2v) is 8.86. The summed E-state index contributed by atoms with van der Waals surface area (Å²) in [5, 5.41) is 12.7. The fraction of sp³-hybridized carbons (Fsp3) is 0.154. The summed E-state index contributed by atoms with van der Waals surface area (Å²) in [6, 6.07) is 23.3. The number of fused-ring (bicyclic) bond motifs is 3. The molecule has 0 saturated carbocycles. The van der Waals surface area contributed by atoms with Gasteiger partial charge >= 0.3 is 0 Å². The molecule has 1 atom stereocenters. The molecule has 1 fully saturated rings. The Morgan fingerprint density at radius 2 is 1.52 bits per heavy atom. The number of para-hydroxylation sites is 2. The Kier molecular flexibility index (Phi) is 5.66. The molecule has 2 heterocycles. The van der Waals surface area contributed by atoms with Gasteiger partial charge in [-0.25, -0.2) is 0 Å². The summed E-state index contributed by atoms with van der Waals surface area (Å²) in [6.07, 6.45) is 0.780. The highest BCUT2D eigenvalue weighted by Gasteiger charge is 2.36. The van der Waals surface area contributed by atoms with E-state index in [-0.39, 0.29) is 24.2 Å². The topological polar surface area (TPSA) is 71.8 Å². The van der Waals surface area contributed by atoms with Gasteiger partial charge in [-0.15, -0.1) is 0 Å². The minimum Gasteiger partial charge on any atom is -0.497 e. The smallest absolute Gasteiger partial charge is 0.293 e. The van der Waals surface area contributed by atoms with Crippen molar-refractivity contribution in [3.63, 3.8) is 0 Å². The molecule has 7 heteroatoms. The number of aromatic nitrogens is 1. The quantitative estimate of drug-likeness (QED) is 0.416. The number of aliphatic hydroxyl groups excluding tert-OH is 1. The Labute approximate surface area is 195 Å². The Hall–Kier alpha value is -3.55. The third-order valence-corrected chi connectivity index (χ3v) is 6.66. The zero-order valence-electron chi connectivity index (χ0n) is 18.0. The number of hydrogen-bond acceptors (Lipinski definition) is 5. The molecule has 0 aliphatic carbocycles. The molecule has 1 aliphatic heterocycles. The Morgan fingerprint density at radius 3 is 2.12 bits per heavy atom. The van der Waals surface area contributed by atoms with E-state index in [1.165, 1.54) is 0 Å². The van der Waals surface area contributed by atoms with Gasteiger partial charge in [0.15, 0.2) is 0 Å². The lowest BCUT2D eigenvalue weighted by Gasteiger charge is -2.19. The van der Waals surface area contributed by atoms with Gasteiger partial charge in [0.2, 0.25) is 0 Å². The molecule has 1 saturated heterocycles. The lowest BCUT2D eigenvalue weighted by molar-refractivity contribution is -0.123. The lowest BCUT2D eigenvalue weighted by Crippen LogP contribution is -2.37. The molecule has 33 heavy (non-hydrogen) atoms. The number of β-amino-alcohol motifs (C(OH)–C–C–N with tert-alkyl or cyclic N) is 1. The number of methoxy groups -OCH3 is 1. The second-order valence-electron chi connectivity index (χ2n) is 7.86. The van der Waals surface area contributed by atoms with Crippen LogP contribution in [0, 0.1) is 0 Å². The second kappa shape index (κ2) is 8.77. The van der Waals surface area contributed by atoms with Gasteiger partial charge in [0.05, 0.1) is 31.2 Å². The highest BCUT2D eigenvalue weighted by Crippen LogP contribution is 2.33. The maximum absolute atomic E-state index is 12.9. The standard InChI is InChI=1S/C26H22N2O4S/c1-32-19-12-10-17(11-13-19)14-24-25(30)28(26(31)33-24)16-18(29)15-27-22-8-4-2-6-20(22)21-7-3-5-9-23(21)27/h2-14,18,29H,15-16H2,1H3/b24-14-. The van der Waals surface area contributed by atoms with Gasteiger partial charge < -0.3 is 14.4 Å². The molecule has 1 aromatic heterocycles. The van der Waals surface area contributed by atoms with Gasteiger partial charge in [-0.1, -0.05) is 48.5 Å².